The summed E-state index contributed by atoms with van der Waals surface area (Å²) in [5.41, 5.74) is 5.57. The van der Waals surface area contributed by atoms with E-state index in [1.54, 1.807) is 10.8 Å². The molecule has 2 N–H and O–H groups in total. The van der Waals surface area contributed by atoms with Gasteiger partial charge in [0.05, 0.1) is 22.8 Å². The Kier molecular flexibility index (Phi) is 3.01. The molecule has 0 amide bonds. The fraction of sp³-hybridized carbons (Fsp3) is 0.267. The predicted octanol–water partition coefficient (Wildman–Crippen LogP) is 2.44. The number of imidazole rings is 1. The SMILES string of the molecule is Cc1cc2nc(-c3cn[nH]c3C)n(CC(=O)O)c2cc1C. The first-order valence-corrected chi connectivity index (χ1v) is 6.67. The zero-order valence-corrected chi connectivity index (χ0v) is 12.1. The van der Waals surface area contributed by atoms with E-state index in [9.17, 15) is 9.90 Å². The highest BCUT2D eigenvalue weighted by molar-refractivity contribution is 5.84. The number of aromatic amines is 1. The molecule has 3 rings (SSSR count). The number of carbonyl (C=O) groups is 1. The average molecular weight is 284 g/mol. The predicted molar refractivity (Wildman–Crippen MR) is 79.2 cm³/mol. The molecule has 0 unspecified atom stereocenters. The minimum atomic E-state index is -0.894. The fourth-order valence-corrected chi connectivity index (χ4v) is 2.46. The number of aliphatic carboxylic acids is 1. The molecular weight excluding hydrogens is 268 g/mol. The summed E-state index contributed by atoms with van der Waals surface area (Å²) in [7, 11) is 0. The van der Waals surface area contributed by atoms with Crippen LogP contribution in [0.3, 0.4) is 0 Å². The second-order valence-electron chi connectivity index (χ2n) is 5.25. The Bertz CT molecular complexity index is 845. The number of hydrogen-bond acceptors (Lipinski definition) is 3. The molecule has 0 saturated heterocycles. The van der Waals surface area contributed by atoms with Gasteiger partial charge in [0.2, 0.25) is 0 Å². The zero-order valence-electron chi connectivity index (χ0n) is 12.1. The molecule has 2 heterocycles. The second-order valence-corrected chi connectivity index (χ2v) is 5.25. The topological polar surface area (TPSA) is 83.8 Å². The van der Waals surface area contributed by atoms with Gasteiger partial charge in [0.25, 0.3) is 0 Å². The number of hydrogen-bond donors (Lipinski definition) is 2. The van der Waals surface area contributed by atoms with Crippen molar-refractivity contribution in [3.63, 3.8) is 0 Å². The Balaban J connectivity index is 2.33. The number of nitrogens with one attached hydrogen (secondary N) is 1. The molecule has 0 aliphatic heterocycles. The van der Waals surface area contributed by atoms with Crippen molar-refractivity contribution in [2.75, 3.05) is 0 Å². The van der Waals surface area contributed by atoms with E-state index < -0.39 is 5.97 Å². The molecule has 2 aromatic heterocycles. The van der Waals surface area contributed by atoms with Crippen LogP contribution in [-0.2, 0) is 11.3 Å². The highest BCUT2D eigenvalue weighted by Gasteiger charge is 2.18. The largest absolute Gasteiger partial charge is 0.480 e. The lowest BCUT2D eigenvalue weighted by molar-refractivity contribution is -0.137. The van der Waals surface area contributed by atoms with Crippen molar-refractivity contribution in [2.24, 2.45) is 0 Å². The third-order valence-corrected chi connectivity index (χ3v) is 3.73. The van der Waals surface area contributed by atoms with E-state index in [0.717, 1.165) is 33.4 Å². The van der Waals surface area contributed by atoms with Crippen molar-refractivity contribution in [3.05, 3.63) is 35.2 Å². The van der Waals surface area contributed by atoms with Crippen LogP contribution < -0.4 is 0 Å². The Morgan fingerprint density at radius 3 is 2.62 bits per heavy atom. The summed E-state index contributed by atoms with van der Waals surface area (Å²) in [4.78, 5) is 15.8. The number of fused-ring (bicyclic) bond motifs is 1. The maximum atomic E-state index is 11.2. The van der Waals surface area contributed by atoms with E-state index in [4.69, 9.17) is 0 Å². The monoisotopic (exact) mass is 284 g/mol. The molecule has 108 valence electrons. The van der Waals surface area contributed by atoms with Gasteiger partial charge in [-0.3, -0.25) is 9.89 Å². The number of aryl methyl sites for hydroxylation is 3. The first-order chi connectivity index (χ1) is 9.97. The van der Waals surface area contributed by atoms with Crippen LogP contribution in [-0.4, -0.2) is 30.8 Å². The zero-order chi connectivity index (χ0) is 15.1. The fourth-order valence-electron chi connectivity index (χ4n) is 2.46. The van der Waals surface area contributed by atoms with Gasteiger partial charge in [0, 0.05) is 5.69 Å². The Hall–Kier alpha value is -2.63. The lowest BCUT2D eigenvalue weighted by Gasteiger charge is -2.06. The minimum absolute atomic E-state index is 0.126. The van der Waals surface area contributed by atoms with Crippen molar-refractivity contribution in [1.29, 1.82) is 0 Å². The van der Waals surface area contributed by atoms with Crippen LogP contribution in [0.2, 0.25) is 0 Å². The van der Waals surface area contributed by atoms with Crippen LogP contribution in [0.1, 0.15) is 16.8 Å². The normalized spacial score (nSPS) is 11.2. The van der Waals surface area contributed by atoms with Crippen LogP contribution >= 0.6 is 0 Å². The van der Waals surface area contributed by atoms with E-state index in [2.05, 4.69) is 15.2 Å². The molecular formula is C15H16N4O2. The van der Waals surface area contributed by atoms with Gasteiger partial charge in [-0.05, 0) is 44.0 Å². The minimum Gasteiger partial charge on any atom is -0.480 e. The smallest absolute Gasteiger partial charge is 0.323 e. The van der Waals surface area contributed by atoms with Crippen LogP contribution in [0.15, 0.2) is 18.3 Å². The third kappa shape index (κ3) is 2.18. The summed E-state index contributed by atoms with van der Waals surface area (Å²) in [6.45, 7) is 5.80. The molecule has 0 spiro atoms. The Labute approximate surface area is 121 Å². The maximum Gasteiger partial charge on any atom is 0.323 e. The number of nitrogens with zero attached hydrogens (tertiary/aromatic N) is 3. The molecule has 3 aromatic rings. The number of H-pyrrole nitrogens is 1. The molecule has 0 bridgehead atoms. The quantitative estimate of drug-likeness (QED) is 0.773. The van der Waals surface area contributed by atoms with Crippen LogP contribution in [0.25, 0.3) is 22.4 Å². The van der Waals surface area contributed by atoms with Gasteiger partial charge in [-0.15, -0.1) is 0 Å². The molecule has 0 saturated carbocycles. The number of rotatable bonds is 3. The maximum absolute atomic E-state index is 11.2. The van der Waals surface area contributed by atoms with E-state index in [1.807, 2.05) is 32.9 Å². The molecule has 1 aromatic carbocycles. The number of aromatic nitrogens is 4. The number of carboxylic acids is 1. The van der Waals surface area contributed by atoms with Crippen molar-refractivity contribution in [2.45, 2.75) is 27.3 Å². The first-order valence-electron chi connectivity index (χ1n) is 6.67. The van der Waals surface area contributed by atoms with Gasteiger partial charge in [-0.1, -0.05) is 0 Å². The Morgan fingerprint density at radius 1 is 1.29 bits per heavy atom. The van der Waals surface area contributed by atoms with Gasteiger partial charge < -0.3 is 9.67 Å². The van der Waals surface area contributed by atoms with Crippen LogP contribution in [0.5, 0.6) is 0 Å². The number of carboxylic acid groups (broad SMARTS) is 1. The standard InChI is InChI=1S/C15H16N4O2/c1-8-4-12-13(5-9(8)2)19(7-14(20)21)15(17-12)11-6-16-18-10(11)3/h4-6H,7H2,1-3H3,(H,16,18)(H,20,21). The first kappa shape index (κ1) is 13.4. The van der Waals surface area contributed by atoms with Gasteiger partial charge in [-0.25, -0.2) is 4.98 Å². The highest BCUT2D eigenvalue weighted by Crippen LogP contribution is 2.28. The number of benzene rings is 1. The summed E-state index contributed by atoms with van der Waals surface area (Å²) in [6.07, 6.45) is 1.68. The summed E-state index contributed by atoms with van der Waals surface area (Å²) < 4.78 is 1.72. The summed E-state index contributed by atoms with van der Waals surface area (Å²) in [5, 5.41) is 16.0. The molecule has 0 fully saturated rings. The van der Waals surface area contributed by atoms with Gasteiger partial charge in [-0.2, -0.15) is 5.10 Å². The lowest BCUT2D eigenvalue weighted by atomic mass is 10.1. The molecule has 6 nitrogen and oxygen atoms in total. The van der Waals surface area contributed by atoms with E-state index in [0.29, 0.717) is 5.82 Å². The summed E-state index contributed by atoms with van der Waals surface area (Å²) in [5.74, 6) is -0.265. The second kappa shape index (κ2) is 4.73. The Morgan fingerprint density at radius 2 is 2.00 bits per heavy atom. The molecule has 0 radical (unpaired) electrons. The van der Waals surface area contributed by atoms with E-state index in [1.165, 1.54) is 0 Å². The summed E-state index contributed by atoms with van der Waals surface area (Å²) in [6, 6.07) is 3.97. The van der Waals surface area contributed by atoms with Crippen molar-refractivity contribution >= 4 is 17.0 Å². The van der Waals surface area contributed by atoms with E-state index >= 15 is 0 Å². The summed E-state index contributed by atoms with van der Waals surface area (Å²) >= 11 is 0. The van der Waals surface area contributed by atoms with Gasteiger partial charge in [0.15, 0.2) is 0 Å². The molecule has 0 atom stereocenters. The van der Waals surface area contributed by atoms with Gasteiger partial charge >= 0.3 is 5.97 Å². The van der Waals surface area contributed by atoms with Crippen molar-refractivity contribution < 1.29 is 9.90 Å². The molecule has 0 aliphatic carbocycles. The molecule has 0 aliphatic rings. The van der Waals surface area contributed by atoms with Crippen LogP contribution in [0, 0.1) is 20.8 Å². The van der Waals surface area contributed by atoms with Crippen molar-refractivity contribution in [1.82, 2.24) is 19.7 Å². The van der Waals surface area contributed by atoms with Gasteiger partial charge in [0.1, 0.15) is 12.4 Å². The molecule has 21 heavy (non-hydrogen) atoms. The van der Waals surface area contributed by atoms with Crippen molar-refractivity contribution in [3.8, 4) is 11.4 Å². The highest BCUT2D eigenvalue weighted by atomic mass is 16.4. The van der Waals surface area contributed by atoms with E-state index in [-0.39, 0.29) is 6.54 Å². The molecule has 6 heteroatoms. The average Bonchev–Trinajstić information content (AvgIpc) is 2.95. The lowest BCUT2D eigenvalue weighted by Crippen LogP contribution is -2.10. The van der Waals surface area contributed by atoms with Crippen LogP contribution in [0.4, 0.5) is 0 Å². The third-order valence-electron chi connectivity index (χ3n) is 3.73.